The molecule has 0 N–H and O–H groups in total. The Morgan fingerprint density at radius 1 is 1.12 bits per heavy atom. The normalized spacial score (nSPS) is 10.9. The lowest BCUT2D eigenvalue weighted by Gasteiger charge is -2.17. The number of hydrogen-bond acceptors (Lipinski definition) is 3. The van der Waals surface area contributed by atoms with Crippen LogP contribution in [-0.4, -0.2) is 25.0 Å². The number of carbonyl (C=O) groups excluding carboxylic acids is 1. The third-order valence-electron chi connectivity index (χ3n) is 4.69. The van der Waals surface area contributed by atoms with Crippen LogP contribution in [0.25, 0.3) is 11.0 Å². The molecule has 0 aliphatic heterocycles. The maximum atomic E-state index is 12.6. The number of fused-ring (bicyclic) bond motifs is 1. The van der Waals surface area contributed by atoms with Gasteiger partial charge in [-0.15, -0.1) is 0 Å². The first-order chi connectivity index (χ1) is 12.0. The molecular formula is C21H23NO3. The first-order valence-corrected chi connectivity index (χ1v) is 8.32. The number of methoxy groups -OCH3 is 1. The van der Waals surface area contributed by atoms with E-state index in [1.807, 2.05) is 44.3 Å². The monoisotopic (exact) mass is 337 g/mol. The average Bonchev–Trinajstić information content (AvgIpc) is 3.02. The van der Waals surface area contributed by atoms with Gasteiger partial charge < -0.3 is 14.1 Å². The van der Waals surface area contributed by atoms with Crippen LogP contribution in [0.5, 0.6) is 5.75 Å². The van der Waals surface area contributed by atoms with Gasteiger partial charge in [0, 0.05) is 24.5 Å². The van der Waals surface area contributed by atoms with E-state index in [0.717, 1.165) is 33.4 Å². The molecule has 3 aromatic rings. The minimum atomic E-state index is 0.0664. The van der Waals surface area contributed by atoms with Gasteiger partial charge in [-0.25, -0.2) is 0 Å². The summed E-state index contributed by atoms with van der Waals surface area (Å²) >= 11 is 0. The number of hydrogen-bond donors (Lipinski definition) is 0. The predicted octanol–water partition coefficient (Wildman–Crippen LogP) is 4.26. The number of furan rings is 1. The van der Waals surface area contributed by atoms with E-state index in [1.165, 1.54) is 5.56 Å². The van der Waals surface area contributed by atoms with Crippen molar-refractivity contribution in [3.63, 3.8) is 0 Å². The van der Waals surface area contributed by atoms with Gasteiger partial charge >= 0.3 is 0 Å². The predicted molar refractivity (Wildman–Crippen MR) is 98.9 cm³/mol. The van der Waals surface area contributed by atoms with Crippen LogP contribution in [0.3, 0.4) is 0 Å². The van der Waals surface area contributed by atoms with Gasteiger partial charge in [-0.05, 0) is 42.7 Å². The molecule has 0 saturated heterocycles. The van der Waals surface area contributed by atoms with Crippen molar-refractivity contribution in [3.05, 3.63) is 64.9 Å². The number of nitrogens with zero attached hydrogens (tertiary/aromatic N) is 1. The quantitative estimate of drug-likeness (QED) is 0.699. The van der Waals surface area contributed by atoms with Gasteiger partial charge in [0.1, 0.15) is 11.3 Å². The number of ether oxygens (including phenoxy) is 1. The summed E-state index contributed by atoms with van der Waals surface area (Å²) in [6.07, 6.45) is 2.04. The standard InChI is InChI=1S/C21H23NO3/c1-14-5-10-19-17(13-25-21(19)15(14)2)11-20(23)22(3)12-16-6-8-18(24-4)9-7-16/h5-10,13H,11-12H2,1-4H3. The topological polar surface area (TPSA) is 42.7 Å². The van der Waals surface area contributed by atoms with Crippen LogP contribution in [0.1, 0.15) is 22.3 Å². The third kappa shape index (κ3) is 3.53. The Kier molecular flexibility index (Phi) is 4.79. The van der Waals surface area contributed by atoms with Crippen LogP contribution < -0.4 is 4.74 Å². The van der Waals surface area contributed by atoms with E-state index in [2.05, 4.69) is 13.0 Å². The lowest BCUT2D eigenvalue weighted by Crippen LogP contribution is -2.27. The second-order valence-corrected chi connectivity index (χ2v) is 6.42. The summed E-state index contributed by atoms with van der Waals surface area (Å²) in [6.45, 7) is 4.67. The van der Waals surface area contributed by atoms with Crippen LogP contribution in [-0.2, 0) is 17.8 Å². The summed E-state index contributed by atoms with van der Waals surface area (Å²) in [5, 5.41) is 1.02. The van der Waals surface area contributed by atoms with Gasteiger partial charge in [-0.2, -0.15) is 0 Å². The SMILES string of the molecule is COc1ccc(CN(C)C(=O)Cc2coc3c(C)c(C)ccc23)cc1. The summed E-state index contributed by atoms with van der Waals surface area (Å²) in [5.41, 5.74) is 5.20. The number of aryl methyl sites for hydroxylation is 2. The zero-order chi connectivity index (χ0) is 18.0. The van der Waals surface area contributed by atoms with E-state index in [4.69, 9.17) is 9.15 Å². The summed E-state index contributed by atoms with van der Waals surface area (Å²) in [4.78, 5) is 14.3. The zero-order valence-electron chi connectivity index (χ0n) is 15.1. The fourth-order valence-electron chi connectivity index (χ4n) is 2.92. The molecule has 4 nitrogen and oxygen atoms in total. The Labute approximate surface area is 148 Å². The highest BCUT2D eigenvalue weighted by atomic mass is 16.5. The molecular weight excluding hydrogens is 314 g/mol. The molecule has 1 aromatic heterocycles. The van der Waals surface area contributed by atoms with Crippen molar-refractivity contribution in [2.75, 3.05) is 14.2 Å². The number of benzene rings is 2. The molecule has 25 heavy (non-hydrogen) atoms. The maximum absolute atomic E-state index is 12.6. The van der Waals surface area contributed by atoms with Crippen molar-refractivity contribution < 1.29 is 13.9 Å². The molecule has 0 unspecified atom stereocenters. The van der Waals surface area contributed by atoms with E-state index >= 15 is 0 Å². The van der Waals surface area contributed by atoms with E-state index in [9.17, 15) is 4.79 Å². The van der Waals surface area contributed by atoms with Gasteiger partial charge in [0.05, 0.1) is 19.8 Å². The van der Waals surface area contributed by atoms with Crippen molar-refractivity contribution in [3.8, 4) is 5.75 Å². The van der Waals surface area contributed by atoms with E-state index < -0.39 is 0 Å². The maximum Gasteiger partial charge on any atom is 0.227 e. The second-order valence-electron chi connectivity index (χ2n) is 6.42. The molecule has 1 amide bonds. The van der Waals surface area contributed by atoms with E-state index in [1.54, 1.807) is 18.3 Å². The van der Waals surface area contributed by atoms with Crippen molar-refractivity contribution in [2.24, 2.45) is 0 Å². The molecule has 1 heterocycles. The minimum Gasteiger partial charge on any atom is -0.497 e. The molecule has 2 aromatic carbocycles. The zero-order valence-corrected chi connectivity index (χ0v) is 15.1. The Morgan fingerprint density at radius 3 is 2.52 bits per heavy atom. The highest BCUT2D eigenvalue weighted by Gasteiger charge is 2.15. The average molecular weight is 337 g/mol. The van der Waals surface area contributed by atoms with Crippen LogP contribution in [0, 0.1) is 13.8 Å². The highest BCUT2D eigenvalue weighted by Crippen LogP contribution is 2.27. The first-order valence-electron chi connectivity index (χ1n) is 8.32. The fourth-order valence-corrected chi connectivity index (χ4v) is 2.92. The second kappa shape index (κ2) is 7.01. The Hall–Kier alpha value is -2.75. The molecule has 0 radical (unpaired) electrons. The number of likely N-dealkylation sites (N-methyl/N-ethyl adjacent to an activating group) is 1. The minimum absolute atomic E-state index is 0.0664. The molecule has 0 atom stereocenters. The Morgan fingerprint density at radius 2 is 1.84 bits per heavy atom. The molecule has 0 spiro atoms. The smallest absolute Gasteiger partial charge is 0.227 e. The van der Waals surface area contributed by atoms with Gasteiger partial charge in [-0.3, -0.25) is 4.79 Å². The Balaban J connectivity index is 1.72. The molecule has 0 aliphatic carbocycles. The highest BCUT2D eigenvalue weighted by molar-refractivity contribution is 5.89. The van der Waals surface area contributed by atoms with Gasteiger partial charge in [0.2, 0.25) is 5.91 Å². The fraction of sp³-hybridized carbons (Fsp3) is 0.286. The molecule has 130 valence electrons. The summed E-state index contributed by atoms with van der Waals surface area (Å²) in [6, 6.07) is 11.9. The van der Waals surface area contributed by atoms with Crippen LogP contribution in [0.15, 0.2) is 47.1 Å². The van der Waals surface area contributed by atoms with Gasteiger partial charge in [0.25, 0.3) is 0 Å². The van der Waals surface area contributed by atoms with Crippen molar-refractivity contribution in [1.29, 1.82) is 0 Å². The van der Waals surface area contributed by atoms with Crippen molar-refractivity contribution in [1.82, 2.24) is 4.90 Å². The van der Waals surface area contributed by atoms with Crippen molar-refractivity contribution in [2.45, 2.75) is 26.8 Å². The first kappa shape index (κ1) is 17.1. The molecule has 3 rings (SSSR count). The van der Waals surface area contributed by atoms with E-state index in [-0.39, 0.29) is 5.91 Å². The Bertz CT molecular complexity index is 893. The molecule has 0 saturated carbocycles. The van der Waals surface area contributed by atoms with Crippen LogP contribution in [0.2, 0.25) is 0 Å². The summed E-state index contributed by atoms with van der Waals surface area (Å²) in [5.74, 6) is 0.880. The number of amides is 1. The van der Waals surface area contributed by atoms with Gasteiger partial charge in [0.15, 0.2) is 0 Å². The summed E-state index contributed by atoms with van der Waals surface area (Å²) < 4.78 is 10.9. The van der Waals surface area contributed by atoms with Gasteiger partial charge in [-0.1, -0.05) is 24.3 Å². The van der Waals surface area contributed by atoms with Crippen LogP contribution in [0.4, 0.5) is 0 Å². The third-order valence-corrected chi connectivity index (χ3v) is 4.69. The molecule has 0 aliphatic rings. The summed E-state index contributed by atoms with van der Waals surface area (Å²) in [7, 11) is 3.47. The molecule has 0 fully saturated rings. The van der Waals surface area contributed by atoms with E-state index in [0.29, 0.717) is 13.0 Å². The lowest BCUT2D eigenvalue weighted by molar-refractivity contribution is -0.129. The largest absolute Gasteiger partial charge is 0.497 e. The van der Waals surface area contributed by atoms with Crippen molar-refractivity contribution >= 4 is 16.9 Å². The molecule has 0 bridgehead atoms. The number of rotatable bonds is 5. The lowest BCUT2D eigenvalue weighted by atomic mass is 10.0. The molecule has 4 heteroatoms. The van der Waals surface area contributed by atoms with Crippen LogP contribution >= 0.6 is 0 Å². The number of carbonyl (C=O) groups is 1.